The summed E-state index contributed by atoms with van der Waals surface area (Å²) in [4.78, 5) is 43.5. The molecule has 2 atom stereocenters. The summed E-state index contributed by atoms with van der Waals surface area (Å²) in [6, 6.07) is 0. The Labute approximate surface area is 106 Å². The lowest BCUT2D eigenvalue weighted by atomic mass is 10.2. The first-order chi connectivity index (χ1) is 8.79. The lowest BCUT2D eigenvalue weighted by Gasteiger charge is -2.10. The third-order valence-corrected chi connectivity index (χ3v) is 1.94. The second kappa shape index (κ2) is 6.16. The van der Waals surface area contributed by atoms with Gasteiger partial charge in [-0.2, -0.15) is 0 Å². The molecule has 104 valence electrons. The number of aliphatic hydroxyl groups excluding tert-OH is 2. The number of carboxylic acids is 1. The Hall–Kier alpha value is -2.14. The van der Waals surface area contributed by atoms with Crippen LogP contribution in [0.5, 0.6) is 0 Å². The number of aliphatic carboxylic acids is 1. The molecule has 0 aromatic rings. The minimum absolute atomic E-state index is 0.662. The summed E-state index contributed by atoms with van der Waals surface area (Å²) in [6.07, 6.45) is -5.33. The molecule has 10 nitrogen and oxygen atoms in total. The summed E-state index contributed by atoms with van der Waals surface area (Å²) in [5.41, 5.74) is 0. The van der Waals surface area contributed by atoms with Crippen LogP contribution in [0.4, 0.5) is 0 Å². The minimum atomic E-state index is -2.02. The van der Waals surface area contributed by atoms with Crippen LogP contribution in [-0.4, -0.2) is 58.7 Å². The number of hydrogen-bond donors (Lipinski definition) is 3. The maximum absolute atomic E-state index is 11.1. The summed E-state index contributed by atoms with van der Waals surface area (Å²) in [6.45, 7) is 0. The van der Waals surface area contributed by atoms with Crippen LogP contribution in [-0.2, 0) is 33.1 Å². The van der Waals surface area contributed by atoms with Gasteiger partial charge in [0.05, 0.1) is 12.8 Å². The van der Waals surface area contributed by atoms with E-state index in [2.05, 4.69) is 14.0 Å². The van der Waals surface area contributed by atoms with E-state index in [9.17, 15) is 19.2 Å². The Morgan fingerprint density at radius 2 is 2.05 bits per heavy atom. The van der Waals surface area contributed by atoms with Crippen molar-refractivity contribution in [3.8, 4) is 0 Å². The van der Waals surface area contributed by atoms with Gasteiger partial charge in [0, 0.05) is 0 Å². The van der Waals surface area contributed by atoms with Crippen molar-refractivity contribution in [2.45, 2.75) is 25.0 Å². The van der Waals surface area contributed by atoms with Crippen molar-refractivity contribution in [1.29, 1.82) is 0 Å². The minimum Gasteiger partial charge on any atom is -0.479 e. The topological polar surface area (TPSA) is 157 Å². The zero-order valence-corrected chi connectivity index (χ0v) is 9.35. The van der Waals surface area contributed by atoms with Gasteiger partial charge < -0.3 is 29.3 Å². The largest absolute Gasteiger partial charge is 0.870 e. The average Bonchev–Trinajstić information content (AvgIpc) is 2.37. The lowest BCUT2D eigenvalue weighted by molar-refractivity contribution is -0.155. The van der Waals surface area contributed by atoms with Crippen LogP contribution in [0, 0.1) is 0 Å². The zero-order chi connectivity index (χ0) is 14.6. The molecule has 0 aromatic carbocycles. The highest BCUT2D eigenvalue weighted by Gasteiger charge is 2.42. The van der Waals surface area contributed by atoms with Crippen molar-refractivity contribution in [1.82, 2.24) is 0 Å². The fourth-order valence-electron chi connectivity index (χ4n) is 1.04. The van der Waals surface area contributed by atoms with Gasteiger partial charge in [0.25, 0.3) is 11.9 Å². The van der Waals surface area contributed by atoms with Crippen LogP contribution < -0.4 is 0 Å². The number of hydrogen-bond acceptors (Lipinski definition) is 9. The first-order valence-electron chi connectivity index (χ1n) is 4.98. The molecule has 1 aliphatic heterocycles. The van der Waals surface area contributed by atoms with Gasteiger partial charge in [0.1, 0.15) is 0 Å². The van der Waals surface area contributed by atoms with E-state index in [-0.39, 0.29) is 0 Å². The monoisotopic (exact) mass is 276 g/mol. The molecule has 11 heteroatoms. The summed E-state index contributed by atoms with van der Waals surface area (Å²) in [7, 11) is -2.02. The van der Waals surface area contributed by atoms with Crippen LogP contribution >= 0.6 is 0 Å². The molecule has 1 fully saturated rings. The van der Waals surface area contributed by atoms with E-state index in [1.54, 1.807) is 0 Å². The maximum Gasteiger partial charge on any atom is 0.870 e. The first kappa shape index (κ1) is 14.9. The van der Waals surface area contributed by atoms with Gasteiger partial charge in [-0.1, -0.05) is 0 Å². The van der Waals surface area contributed by atoms with Crippen molar-refractivity contribution in [3.63, 3.8) is 0 Å². The van der Waals surface area contributed by atoms with Gasteiger partial charge >= 0.3 is 19.3 Å². The van der Waals surface area contributed by atoms with Gasteiger partial charge in [-0.25, -0.2) is 4.79 Å². The van der Waals surface area contributed by atoms with Gasteiger partial charge in [-0.05, 0) is 0 Å². The fraction of sp³-hybridized carbons (Fsp3) is 0.500. The second-order valence-corrected chi connectivity index (χ2v) is 3.48. The van der Waals surface area contributed by atoms with Crippen molar-refractivity contribution >= 4 is 31.2 Å². The average molecular weight is 276 g/mol. The Kier molecular flexibility index (Phi) is 4.83. The van der Waals surface area contributed by atoms with E-state index in [0.29, 0.717) is 0 Å². The molecule has 0 aliphatic carbocycles. The predicted octanol–water partition coefficient (Wildman–Crippen LogP) is -2.80. The number of carboxylic acid groups (broad SMARTS) is 1. The van der Waals surface area contributed by atoms with E-state index in [1.165, 1.54) is 0 Å². The van der Waals surface area contributed by atoms with Crippen LogP contribution in [0.1, 0.15) is 12.8 Å². The quantitative estimate of drug-likeness (QED) is 0.458. The van der Waals surface area contributed by atoms with Gasteiger partial charge in [-0.3, -0.25) is 14.4 Å². The standard InChI is InChI=1S/C8H9BO10/c10-3(7(14)15)1-5(12)17-9-18-6(13)2-4(11)8(16)19-9/h3-4,10-11H,1-2H2,(H,14,15)/t3-,4-/m0/s1. The summed E-state index contributed by atoms with van der Waals surface area (Å²) < 4.78 is 13.0. The van der Waals surface area contributed by atoms with Gasteiger partial charge in [0.2, 0.25) is 0 Å². The van der Waals surface area contributed by atoms with E-state index < -0.39 is 56.2 Å². The Morgan fingerprint density at radius 3 is 2.63 bits per heavy atom. The molecular formula is C8H9BO10. The molecule has 0 radical (unpaired) electrons. The van der Waals surface area contributed by atoms with Crippen molar-refractivity contribution in [3.05, 3.63) is 0 Å². The highest BCUT2D eigenvalue weighted by Crippen LogP contribution is 2.09. The zero-order valence-electron chi connectivity index (χ0n) is 9.35. The van der Waals surface area contributed by atoms with E-state index in [0.717, 1.165) is 0 Å². The molecule has 0 bridgehead atoms. The molecule has 0 amide bonds. The third-order valence-electron chi connectivity index (χ3n) is 1.94. The fourth-order valence-corrected chi connectivity index (χ4v) is 1.04. The molecule has 0 spiro atoms. The SMILES string of the molecule is O=C(C[C@H](O)C(=O)O)OB1OC(=O)C[C@H](O)C(=O)O1. The van der Waals surface area contributed by atoms with E-state index in [1.807, 2.05) is 0 Å². The second-order valence-electron chi connectivity index (χ2n) is 3.48. The lowest BCUT2D eigenvalue weighted by Crippen LogP contribution is -2.35. The first-order valence-corrected chi connectivity index (χ1v) is 4.98. The number of carbonyl (C=O) groups is 4. The normalized spacial score (nSPS) is 20.9. The smallest absolute Gasteiger partial charge is 0.479 e. The highest BCUT2D eigenvalue weighted by atomic mass is 16.8. The molecule has 0 aromatic heterocycles. The maximum atomic E-state index is 11.1. The molecule has 0 unspecified atom stereocenters. The van der Waals surface area contributed by atoms with Crippen LogP contribution in [0.15, 0.2) is 0 Å². The predicted molar refractivity (Wildman–Crippen MR) is 52.9 cm³/mol. The molecule has 1 saturated heterocycles. The third kappa shape index (κ3) is 4.56. The van der Waals surface area contributed by atoms with E-state index >= 15 is 0 Å². The number of aliphatic hydroxyl groups is 2. The van der Waals surface area contributed by atoms with Crippen molar-refractivity contribution < 1.29 is 48.5 Å². The van der Waals surface area contributed by atoms with Crippen LogP contribution in [0.3, 0.4) is 0 Å². The van der Waals surface area contributed by atoms with Gasteiger partial charge in [-0.15, -0.1) is 0 Å². The van der Waals surface area contributed by atoms with Gasteiger partial charge in [0.15, 0.2) is 12.2 Å². The molecule has 1 aliphatic rings. The Bertz CT molecular complexity index is 406. The summed E-state index contributed by atoms with van der Waals surface area (Å²) >= 11 is 0. The Balaban J connectivity index is 2.55. The van der Waals surface area contributed by atoms with E-state index in [4.69, 9.17) is 15.3 Å². The Morgan fingerprint density at radius 1 is 1.42 bits per heavy atom. The number of carbonyl (C=O) groups excluding carboxylic acids is 3. The molecule has 19 heavy (non-hydrogen) atoms. The molecule has 1 rings (SSSR count). The number of rotatable bonds is 4. The molecular weight excluding hydrogens is 267 g/mol. The van der Waals surface area contributed by atoms with Crippen LogP contribution in [0.25, 0.3) is 0 Å². The molecule has 3 N–H and O–H groups in total. The van der Waals surface area contributed by atoms with Crippen molar-refractivity contribution in [2.75, 3.05) is 0 Å². The summed E-state index contributed by atoms with van der Waals surface area (Å²) in [5, 5.41) is 26.3. The highest BCUT2D eigenvalue weighted by molar-refractivity contribution is 6.44. The molecule has 0 saturated carbocycles. The van der Waals surface area contributed by atoms with Crippen LogP contribution in [0.2, 0.25) is 0 Å². The molecule has 1 heterocycles. The summed E-state index contributed by atoms with van der Waals surface area (Å²) in [5.74, 6) is -5.20. The van der Waals surface area contributed by atoms with Crippen molar-refractivity contribution in [2.24, 2.45) is 0 Å².